The lowest BCUT2D eigenvalue weighted by atomic mass is 9.96. The first-order valence-corrected chi connectivity index (χ1v) is 9.69. The van der Waals surface area contributed by atoms with E-state index in [2.05, 4.69) is 4.74 Å². The summed E-state index contributed by atoms with van der Waals surface area (Å²) in [6.45, 7) is 2.97. The molecule has 0 bridgehead atoms. The number of carbonyl (C=O) groups excluding carboxylic acids is 2. The van der Waals surface area contributed by atoms with Crippen molar-refractivity contribution in [3.05, 3.63) is 64.4 Å². The van der Waals surface area contributed by atoms with E-state index < -0.39 is 5.82 Å². The number of halogens is 2. The summed E-state index contributed by atoms with van der Waals surface area (Å²) in [4.78, 5) is 21.6. The third-order valence-electron chi connectivity index (χ3n) is 4.48. The molecule has 3 rings (SSSR count). The number of benzene rings is 2. The van der Waals surface area contributed by atoms with Crippen LogP contribution in [0.4, 0.5) is 4.39 Å². The second-order valence-corrected chi connectivity index (χ2v) is 6.84. The van der Waals surface area contributed by atoms with Gasteiger partial charge in [-0.3, -0.25) is 9.59 Å². The number of hydrogen-bond acceptors (Lipinski definition) is 4. The summed E-state index contributed by atoms with van der Waals surface area (Å²) in [7, 11) is 0. The molecule has 2 aromatic rings. The number of ketones is 1. The Labute approximate surface area is 169 Å². The molecule has 1 fully saturated rings. The topological polar surface area (TPSA) is 52.6 Å². The van der Waals surface area contributed by atoms with Gasteiger partial charge in [-0.15, -0.1) is 0 Å². The first kappa shape index (κ1) is 21.9. The summed E-state index contributed by atoms with van der Waals surface area (Å²) < 4.78 is 24.0. The Balaban J connectivity index is 0.000000500. The molecule has 0 amide bonds. The van der Waals surface area contributed by atoms with E-state index in [0.717, 1.165) is 31.2 Å². The van der Waals surface area contributed by atoms with Crippen molar-refractivity contribution in [2.24, 2.45) is 5.92 Å². The summed E-state index contributed by atoms with van der Waals surface area (Å²) >= 11 is 6.17. The van der Waals surface area contributed by atoms with Gasteiger partial charge in [0.05, 0.1) is 17.2 Å². The van der Waals surface area contributed by atoms with E-state index in [1.165, 1.54) is 12.1 Å². The molecule has 6 heteroatoms. The molecular weight excluding hydrogens is 383 g/mol. The van der Waals surface area contributed by atoms with E-state index in [0.29, 0.717) is 19.7 Å². The Morgan fingerprint density at radius 2 is 1.89 bits per heavy atom. The van der Waals surface area contributed by atoms with Crippen LogP contribution < -0.4 is 4.74 Å². The molecule has 4 nitrogen and oxygen atoms in total. The quantitative estimate of drug-likeness (QED) is 0.443. The third kappa shape index (κ3) is 6.34. The van der Waals surface area contributed by atoms with Crippen molar-refractivity contribution in [3.8, 4) is 5.75 Å². The molecule has 0 radical (unpaired) electrons. The maximum Gasteiger partial charge on any atom is 0.293 e. The molecule has 1 aliphatic carbocycles. The first-order chi connectivity index (χ1) is 13.6. The van der Waals surface area contributed by atoms with Gasteiger partial charge in [-0.05, 0) is 31.4 Å². The third-order valence-corrected chi connectivity index (χ3v) is 4.78. The van der Waals surface area contributed by atoms with Crippen molar-refractivity contribution in [1.29, 1.82) is 0 Å². The summed E-state index contributed by atoms with van der Waals surface area (Å²) in [5.41, 5.74) is 1.05. The second-order valence-electron chi connectivity index (χ2n) is 6.43. The molecule has 0 N–H and O–H groups in total. The highest BCUT2D eigenvalue weighted by molar-refractivity contribution is 6.32. The number of ether oxygens (including phenoxy) is 2. The van der Waals surface area contributed by atoms with Gasteiger partial charge < -0.3 is 9.47 Å². The Hall–Kier alpha value is -2.40. The number of Topliss-reactive ketones (excluding diaryl/α,β-unsaturated/α-hetero) is 1. The molecule has 150 valence electrons. The van der Waals surface area contributed by atoms with Crippen LogP contribution in [0.5, 0.6) is 5.75 Å². The van der Waals surface area contributed by atoms with E-state index in [4.69, 9.17) is 16.3 Å². The van der Waals surface area contributed by atoms with Gasteiger partial charge in [0.2, 0.25) is 0 Å². The van der Waals surface area contributed by atoms with Crippen molar-refractivity contribution in [2.75, 3.05) is 6.61 Å². The number of hydrogen-bond donors (Lipinski definition) is 0. The minimum absolute atomic E-state index is 0.0725. The minimum Gasteiger partial charge on any atom is -0.487 e. The van der Waals surface area contributed by atoms with Gasteiger partial charge in [-0.1, -0.05) is 54.8 Å². The number of rotatable bonds is 7. The molecule has 0 heterocycles. The molecular formula is C22H24ClFO4. The van der Waals surface area contributed by atoms with Gasteiger partial charge >= 0.3 is 0 Å². The van der Waals surface area contributed by atoms with Crippen LogP contribution in [0, 0.1) is 11.7 Å². The average Bonchev–Trinajstić information content (AvgIpc) is 3.24. The van der Waals surface area contributed by atoms with E-state index in [9.17, 15) is 14.0 Å². The molecule has 0 saturated heterocycles. The smallest absolute Gasteiger partial charge is 0.293 e. The zero-order chi connectivity index (χ0) is 20.4. The molecule has 0 aliphatic heterocycles. The van der Waals surface area contributed by atoms with Crippen molar-refractivity contribution >= 4 is 23.9 Å². The standard InChI is InChI=1S/C19H18ClFO2.C3H6O2/c20-16-10-15(19(22)14-8-4-5-9-14)17(21)11-18(16)23-12-13-6-2-1-3-7-13;1-2-5-3-4/h1-3,6-7,10-11,14H,4-5,8-9,12H2;3H,2H2,1H3. The van der Waals surface area contributed by atoms with Crippen LogP contribution in [0.15, 0.2) is 42.5 Å². The van der Waals surface area contributed by atoms with Crippen molar-refractivity contribution in [1.82, 2.24) is 0 Å². The fourth-order valence-electron chi connectivity index (χ4n) is 3.04. The fraction of sp³-hybridized carbons (Fsp3) is 0.364. The Bertz CT molecular complexity index is 774. The first-order valence-electron chi connectivity index (χ1n) is 9.32. The Kier molecular flexibility index (Phi) is 8.95. The van der Waals surface area contributed by atoms with Crippen LogP contribution in [-0.2, 0) is 16.1 Å². The van der Waals surface area contributed by atoms with Crippen molar-refractivity contribution in [2.45, 2.75) is 39.2 Å². The summed E-state index contributed by atoms with van der Waals surface area (Å²) in [5.74, 6) is -0.515. The predicted octanol–water partition coefficient (Wildman–Crippen LogP) is 5.61. The van der Waals surface area contributed by atoms with E-state index in [-0.39, 0.29) is 28.0 Å². The largest absolute Gasteiger partial charge is 0.487 e. The molecule has 0 atom stereocenters. The van der Waals surface area contributed by atoms with Crippen LogP contribution in [0.3, 0.4) is 0 Å². The maximum atomic E-state index is 14.3. The van der Waals surface area contributed by atoms with Gasteiger partial charge in [-0.25, -0.2) is 4.39 Å². The molecule has 2 aromatic carbocycles. The van der Waals surface area contributed by atoms with Gasteiger partial charge in [-0.2, -0.15) is 0 Å². The molecule has 1 aliphatic rings. The van der Waals surface area contributed by atoms with E-state index >= 15 is 0 Å². The molecule has 0 unspecified atom stereocenters. The van der Waals surface area contributed by atoms with Crippen LogP contribution in [-0.4, -0.2) is 18.9 Å². The number of carbonyl (C=O) groups is 2. The van der Waals surface area contributed by atoms with Gasteiger partial charge in [0.1, 0.15) is 18.2 Å². The highest BCUT2D eigenvalue weighted by atomic mass is 35.5. The van der Waals surface area contributed by atoms with Crippen molar-refractivity contribution < 1.29 is 23.5 Å². The summed E-state index contributed by atoms with van der Waals surface area (Å²) in [6.07, 6.45) is 3.73. The highest BCUT2D eigenvalue weighted by Crippen LogP contribution is 2.33. The van der Waals surface area contributed by atoms with E-state index in [1.807, 2.05) is 30.3 Å². The van der Waals surface area contributed by atoms with Crippen LogP contribution in [0.25, 0.3) is 0 Å². The second kappa shape index (κ2) is 11.4. The lowest BCUT2D eigenvalue weighted by Gasteiger charge is -2.12. The predicted molar refractivity (Wildman–Crippen MR) is 106 cm³/mol. The van der Waals surface area contributed by atoms with Crippen LogP contribution in [0.1, 0.15) is 48.5 Å². The van der Waals surface area contributed by atoms with E-state index in [1.54, 1.807) is 6.92 Å². The van der Waals surface area contributed by atoms with Crippen LogP contribution in [0.2, 0.25) is 5.02 Å². The summed E-state index contributed by atoms with van der Waals surface area (Å²) in [6, 6.07) is 12.2. The zero-order valence-electron chi connectivity index (χ0n) is 15.8. The minimum atomic E-state index is -0.561. The van der Waals surface area contributed by atoms with Gasteiger partial charge in [0.15, 0.2) is 5.78 Å². The normalized spacial score (nSPS) is 13.4. The van der Waals surface area contributed by atoms with Gasteiger partial charge in [0.25, 0.3) is 6.47 Å². The molecule has 1 saturated carbocycles. The van der Waals surface area contributed by atoms with Gasteiger partial charge in [0, 0.05) is 12.0 Å². The zero-order valence-corrected chi connectivity index (χ0v) is 16.6. The lowest BCUT2D eigenvalue weighted by Crippen LogP contribution is -2.13. The fourth-order valence-corrected chi connectivity index (χ4v) is 3.26. The average molecular weight is 407 g/mol. The monoisotopic (exact) mass is 406 g/mol. The Morgan fingerprint density at radius 3 is 2.46 bits per heavy atom. The van der Waals surface area contributed by atoms with Crippen LogP contribution >= 0.6 is 11.6 Å². The molecule has 28 heavy (non-hydrogen) atoms. The molecule has 0 spiro atoms. The Morgan fingerprint density at radius 1 is 1.21 bits per heavy atom. The summed E-state index contributed by atoms with van der Waals surface area (Å²) in [5, 5.41) is 0.267. The SMILES string of the molecule is CCOC=O.O=C(c1cc(Cl)c(OCc2ccccc2)cc1F)C1CCCC1. The lowest BCUT2D eigenvalue weighted by molar-refractivity contribution is -0.128. The van der Waals surface area contributed by atoms with Crippen molar-refractivity contribution in [3.63, 3.8) is 0 Å². The highest BCUT2D eigenvalue weighted by Gasteiger charge is 2.26. The maximum absolute atomic E-state index is 14.3. The molecule has 0 aromatic heterocycles.